The first-order valence-corrected chi connectivity index (χ1v) is 12.6. The summed E-state index contributed by atoms with van der Waals surface area (Å²) in [6.45, 7) is 0. The van der Waals surface area contributed by atoms with Gasteiger partial charge in [-0.25, -0.2) is 0 Å². The van der Waals surface area contributed by atoms with Gasteiger partial charge in [-0.3, -0.25) is 0 Å². The Labute approximate surface area is 75.1 Å². The van der Waals surface area contributed by atoms with Crippen LogP contribution in [0.2, 0.25) is 0 Å². The zero-order valence-corrected chi connectivity index (χ0v) is 9.53. The van der Waals surface area contributed by atoms with Gasteiger partial charge in [0.2, 0.25) is 0 Å². The molecule has 0 saturated carbocycles. The molecule has 0 nitrogen and oxygen atoms in total. The van der Waals surface area contributed by atoms with Crippen LogP contribution in [0.25, 0.3) is 0 Å². The summed E-state index contributed by atoms with van der Waals surface area (Å²) < 4.78 is 0.884. The Morgan fingerprint density at radius 1 is 0.900 bits per heavy atom. The van der Waals surface area contributed by atoms with E-state index < -0.39 is 14.8 Å². The Morgan fingerprint density at radius 2 is 1.40 bits per heavy atom. The molecule has 0 saturated heterocycles. The molecule has 0 fully saturated rings. The molecule has 0 aromatic heterocycles. The first kappa shape index (κ1) is 8.97. The summed E-state index contributed by atoms with van der Waals surface area (Å²) in [5, 5.41) is 0. The molecule has 0 heterocycles. The van der Waals surface area contributed by atoms with Crippen LogP contribution >= 0.6 is 26.9 Å². The second-order valence-corrected chi connectivity index (χ2v) is 17.9. The Bertz CT molecular complexity index is 204. The van der Waals surface area contributed by atoms with Crippen molar-refractivity contribution in [1.82, 2.24) is 0 Å². The second kappa shape index (κ2) is 3.52. The Kier molecular flexibility index (Phi) is 3.16. The number of benzene rings is 1. The fraction of sp³-hybridized carbons (Fsp3) is 0. The van der Waals surface area contributed by atoms with Crippen LogP contribution in [0, 0.1) is 0 Å². The van der Waals surface area contributed by atoms with Crippen LogP contribution in [-0.4, -0.2) is 14.8 Å². The molecule has 0 radical (unpaired) electrons. The normalized spacial score (nSPS) is 13.1. The molecule has 0 atom stereocenters. The zero-order chi connectivity index (χ0) is 7.61. The molecule has 0 aliphatic heterocycles. The van der Waals surface area contributed by atoms with E-state index in [1.807, 2.05) is 30.3 Å². The number of hydrogen-bond donors (Lipinski definition) is 0. The van der Waals surface area contributed by atoms with Crippen molar-refractivity contribution in [2.24, 2.45) is 0 Å². The van der Waals surface area contributed by atoms with Crippen LogP contribution in [0.4, 0.5) is 0 Å². The van der Waals surface area contributed by atoms with Gasteiger partial charge in [-0.05, 0) is 0 Å². The maximum atomic E-state index is 5.78. The van der Waals surface area contributed by atoms with Gasteiger partial charge in [0.05, 0.1) is 0 Å². The summed E-state index contributed by atoms with van der Waals surface area (Å²) in [6, 6.07) is 9.37. The van der Waals surface area contributed by atoms with Crippen molar-refractivity contribution in [2.45, 2.75) is 0 Å². The van der Waals surface area contributed by atoms with E-state index in [-0.39, 0.29) is 0 Å². The predicted molar refractivity (Wildman–Crippen MR) is 49.4 cm³/mol. The van der Waals surface area contributed by atoms with Crippen LogP contribution in [0.3, 0.4) is 0 Å². The molecule has 0 aliphatic carbocycles. The second-order valence-electron chi connectivity index (χ2n) is 1.72. The third-order valence-electron chi connectivity index (χ3n) is 1.01. The summed E-state index contributed by atoms with van der Waals surface area (Å²) in [6.07, 6.45) is 0. The molecule has 0 amide bonds. The molecule has 1 rings (SSSR count). The van der Waals surface area contributed by atoms with Gasteiger partial charge < -0.3 is 0 Å². The molecular weight excluding hydrogens is 306 g/mol. The fourth-order valence-electron chi connectivity index (χ4n) is 0.575. The SMILES string of the molecule is Cl[Te](Cl)(Cl)c1ccccc1. The van der Waals surface area contributed by atoms with E-state index in [4.69, 9.17) is 26.9 Å². The van der Waals surface area contributed by atoms with Crippen molar-refractivity contribution in [3.05, 3.63) is 30.3 Å². The number of rotatable bonds is 1. The number of halogens is 3. The van der Waals surface area contributed by atoms with Gasteiger partial charge in [0.15, 0.2) is 0 Å². The van der Waals surface area contributed by atoms with Gasteiger partial charge in [0, 0.05) is 0 Å². The Balaban J connectivity index is 2.97. The van der Waals surface area contributed by atoms with Crippen molar-refractivity contribution < 1.29 is 0 Å². The first-order valence-electron chi connectivity index (χ1n) is 2.58. The van der Waals surface area contributed by atoms with Crippen molar-refractivity contribution in [3.8, 4) is 0 Å². The summed E-state index contributed by atoms with van der Waals surface area (Å²) in [4.78, 5) is 0. The Hall–Kier alpha value is 0.880. The van der Waals surface area contributed by atoms with Crippen LogP contribution in [0.15, 0.2) is 30.3 Å². The van der Waals surface area contributed by atoms with Crippen molar-refractivity contribution >= 4 is 45.3 Å². The average molecular weight is 311 g/mol. The van der Waals surface area contributed by atoms with Gasteiger partial charge >= 0.3 is 75.7 Å². The first-order chi connectivity index (χ1) is 4.61. The van der Waals surface area contributed by atoms with E-state index in [2.05, 4.69) is 0 Å². The average Bonchev–Trinajstić information content (AvgIpc) is 1.88. The molecule has 1 aromatic rings. The maximum absolute atomic E-state index is 5.78. The number of hydrogen-bond acceptors (Lipinski definition) is 0. The van der Waals surface area contributed by atoms with Gasteiger partial charge in [-0.1, -0.05) is 0 Å². The topological polar surface area (TPSA) is 0 Å². The van der Waals surface area contributed by atoms with Crippen LogP contribution < -0.4 is 3.61 Å². The zero-order valence-electron chi connectivity index (χ0n) is 4.93. The molecule has 0 spiro atoms. The van der Waals surface area contributed by atoms with E-state index in [9.17, 15) is 0 Å². The molecular formula is C6H5Cl3Te. The van der Waals surface area contributed by atoms with Gasteiger partial charge in [0.1, 0.15) is 0 Å². The van der Waals surface area contributed by atoms with E-state index >= 15 is 0 Å². The summed E-state index contributed by atoms with van der Waals surface area (Å²) in [5.41, 5.74) is 0. The van der Waals surface area contributed by atoms with E-state index in [1.54, 1.807) is 0 Å². The van der Waals surface area contributed by atoms with E-state index in [1.165, 1.54) is 0 Å². The predicted octanol–water partition coefficient (Wildman–Crippen LogP) is 2.55. The van der Waals surface area contributed by atoms with Gasteiger partial charge in [-0.15, -0.1) is 0 Å². The minimum absolute atomic E-state index is 0.884. The minimum atomic E-state index is -3.10. The molecule has 0 bridgehead atoms. The monoisotopic (exact) mass is 312 g/mol. The van der Waals surface area contributed by atoms with E-state index in [0.717, 1.165) is 3.61 Å². The molecule has 4 heteroatoms. The quantitative estimate of drug-likeness (QED) is 0.699. The fourth-order valence-corrected chi connectivity index (χ4v) is 3.97. The third-order valence-corrected chi connectivity index (χ3v) is 6.90. The summed E-state index contributed by atoms with van der Waals surface area (Å²) in [5.74, 6) is 0. The summed E-state index contributed by atoms with van der Waals surface area (Å²) >= 11 is -3.10. The van der Waals surface area contributed by atoms with Crippen molar-refractivity contribution in [3.63, 3.8) is 0 Å². The van der Waals surface area contributed by atoms with Crippen LogP contribution in [-0.2, 0) is 0 Å². The molecule has 0 N–H and O–H groups in total. The standard InChI is InChI=1S/C6H5Cl3Te/c7-10(8,9)6-4-2-1-3-5-6/h1-5H. The summed E-state index contributed by atoms with van der Waals surface area (Å²) in [7, 11) is 17.3. The molecule has 56 valence electrons. The van der Waals surface area contributed by atoms with Crippen LogP contribution in [0.1, 0.15) is 0 Å². The molecule has 0 aliphatic rings. The van der Waals surface area contributed by atoms with Gasteiger partial charge in [0.25, 0.3) is 0 Å². The van der Waals surface area contributed by atoms with E-state index in [0.29, 0.717) is 0 Å². The Morgan fingerprint density at radius 3 is 1.70 bits per heavy atom. The van der Waals surface area contributed by atoms with Gasteiger partial charge in [-0.2, -0.15) is 0 Å². The van der Waals surface area contributed by atoms with Crippen LogP contribution in [0.5, 0.6) is 0 Å². The molecule has 1 aromatic carbocycles. The van der Waals surface area contributed by atoms with Crippen molar-refractivity contribution in [2.75, 3.05) is 0 Å². The van der Waals surface area contributed by atoms with Crippen molar-refractivity contribution in [1.29, 1.82) is 0 Å². The third kappa shape index (κ3) is 2.49. The molecule has 0 unspecified atom stereocenters. The molecule has 10 heavy (non-hydrogen) atoms.